The van der Waals surface area contributed by atoms with Gasteiger partial charge in [0.25, 0.3) is 5.91 Å². The molecule has 0 bridgehead atoms. The standard InChI is InChI=1S/C17H16N2O3/c1-21-13-6-4-12(5-7-13)11-15-17(20)19-16(18-15)9-8-14-3-2-10-22-14/h2-7,10-11H,8-9H2,1H3,(H,18,19,20)/b15-11+. The number of ether oxygens (including phenoxy) is 1. The topological polar surface area (TPSA) is 63.8 Å². The fourth-order valence-corrected chi connectivity index (χ4v) is 2.19. The Bertz CT molecular complexity index is 713. The summed E-state index contributed by atoms with van der Waals surface area (Å²) in [5.41, 5.74) is 1.32. The molecule has 1 aromatic heterocycles. The van der Waals surface area contributed by atoms with Crippen molar-refractivity contribution in [3.05, 3.63) is 59.7 Å². The molecular formula is C17H16N2O3. The lowest BCUT2D eigenvalue weighted by atomic mass is 10.2. The number of rotatable bonds is 5. The molecule has 0 unspecified atom stereocenters. The van der Waals surface area contributed by atoms with Gasteiger partial charge in [-0.05, 0) is 35.9 Å². The second-order valence-electron chi connectivity index (χ2n) is 4.89. The predicted octanol–water partition coefficient (Wildman–Crippen LogP) is 2.79. The van der Waals surface area contributed by atoms with E-state index in [4.69, 9.17) is 9.15 Å². The number of hydrogen-bond donors (Lipinski definition) is 1. The normalized spacial score (nSPS) is 15.8. The molecule has 1 aliphatic heterocycles. The van der Waals surface area contributed by atoms with Crippen LogP contribution in [0.2, 0.25) is 0 Å². The largest absolute Gasteiger partial charge is 0.497 e. The van der Waals surface area contributed by atoms with Crippen LogP contribution in [0.15, 0.2) is 57.8 Å². The van der Waals surface area contributed by atoms with E-state index in [0.717, 1.165) is 17.1 Å². The highest BCUT2D eigenvalue weighted by Crippen LogP contribution is 2.17. The Morgan fingerprint density at radius 3 is 2.73 bits per heavy atom. The minimum atomic E-state index is -0.176. The number of hydrogen-bond acceptors (Lipinski definition) is 4. The van der Waals surface area contributed by atoms with Crippen LogP contribution in [0.5, 0.6) is 5.75 Å². The molecule has 0 atom stereocenters. The number of carbonyl (C=O) groups is 1. The summed E-state index contributed by atoms with van der Waals surface area (Å²) in [6, 6.07) is 11.2. The molecule has 2 aromatic rings. The molecule has 1 N–H and O–H groups in total. The number of nitrogens with one attached hydrogen (secondary N) is 1. The second-order valence-corrected chi connectivity index (χ2v) is 4.89. The molecule has 22 heavy (non-hydrogen) atoms. The summed E-state index contributed by atoms with van der Waals surface area (Å²) in [4.78, 5) is 16.3. The van der Waals surface area contributed by atoms with Crippen molar-refractivity contribution in [3.63, 3.8) is 0 Å². The molecule has 0 fully saturated rings. The van der Waals surface area contributed by atoms with E-state index in [-0.39, 0.29) is 5.91 Å². The zero-order valence-electron chi connectivity index (χ0n) is 12.2. The number of methoxy groups -OCH3 is 1. The van der Waals surface area contributed by atoms with Crippen LogP contribution < -0.4 is 10.1 Å². The van der Waals surface area contributed by atoms with E-state index in [1.165, 1.54) is 0 Å². The molecule has 3 rings (SSSR count). The summed E-state index contributed by atoms with van der Waals surface area (Å²) in [5, 5.41) is 2.79. The van der Waals surface area contributed by atoms with E-state index in [9.17, 15) is 4.79 Å². The highest BCUT2D eigenvalue weighted by atomic mass is 16.5. The molecule has 0 spiro atoms. The summed E-state index contributed by atoms with van der Waals surface area (Å²) in [5.74, 6) is 2.15. The molecule has 0 saturated heterocycles. The van der Waals surface area contributed by atoms with Gasteiger partial charge in [0.1, 0.15) is 23.0 Å². The van der Waals surface area contributed by atoms with Crippen molar-refractivity contribution in [2.24, 2.45) is 4.99 Å². The van der Waals surface area contributed by atoms with Crippen molar-refractivity contribution < 1.29 is 13.9 Å². The Labute approximate surface area is 128 Å². The molecule has 2 heterocycles. The van der Waals surface area contributed by atoms with Gasteiger partial charge < -0.3 is 14.5 Å². The van der Waals surface area contributed by atoms with Gasteiger partial charge in [0, 0.05) is 12.8 Å². The number of furan rings is 1. The van der Waals surface area contributed by atoms with Gasteiger partial charge in [0.2, 0.25) is 0 Å². The van der Waals surface area contributed by atoms with E-state index in [1.807, 2.05) is 36.4 Å². The van der Waals surface area contributed by atoms with Crippen LogP contribution in [0.1, 0.15) is 17.7 Å². The van der Waals surface area contributed by atoms with Crippen LogP contribution >= 0.6 is 0 Å². The van der Waals surface area contributed by atoms with E-state index in [1.54, 1.807) is 19.4 Å². The summed E-state index contributed by atoms with van der Waals surface area (Å²) >= 11 is 0. The van der Waals surface area contributed by atoms with E-state index >= 15 is 0 Å². The first-order valence-corrected chi connectivity index (χ1v) is 7.01. The summed E-state index contributed by atoms with van der Waals surface area (Å²) < 4.78 is 10.4. The number of carbonyl (C=O) groups excluding carboxylic acids is 1. The maximum atomic E-state index is 11.9. The Hall–Kier alpha value is -2.82. The fourth-order valence-electron chi connectivity index (χ4n) is 2.19. The monoisotopic (exact) mass is 296 g/mol. The number of amidine groups is 1. The highest BCUT2D eigenvalue weighted by Gasteiger charge is 2.19. The minimum absolute atomic E-state index is 0.176. The summed E-state index contributed by atoms with van der Waals surface area (Å²) in [6.07, 6.45) is 4.75. The number of amides is 1. The van der Waals surface area contributed by atoms with Crippen LogP contribution in [0.4, 0.5) is 0 Å². The molecule has 0 aliphatic carbocycles. The van der Waals surface area contributed by atoms with Crippen molar-refractivity contribution in [3.8, 4) is 5.75 Å². The first-order valence-electron chi connectivity index (χ1n) is 7.01. The van der Waals surface area contributed by atoms with Gasteiger partial charge in [-0.2, -0.15) is 0 Å². The van der Waals surface area contributed by atoms with Crippen molar-refractivity contribution in [1.29, 1.82) is 0 Å². The molecule has 0 saturated carbocycles. The van der Waals surface area contributed by atoms with Crippen LogP contribution in [0.25, 0.3) is 6.08 Å². The Morgan fingerprint density at radius 2 is 2.05 bits per heavy atom. The fraction of sp³-hybridized carbons (Fsp3) is 0.176. The number of nitrogens with zero attached hydrogens (tertiary/aromatic N) is 1. The van der Waals surface area contributed by atoms with Crippen molar-refractivity contribution in [2.45, 2.75) is 12.8 Å². The molecule has 112 valence electrons. The number of aryl methyl sites for hydroxylation is 1. The van der Waals surface area contributed by atoms with Gasteiger partial charge >= 0.3 is 0 Å². The third-order valence-electron chi connectivity index (χ3n) is 3.35. The van der Waals surface area contributed by atoms with Gasteiger partial charge in [-0.1, -0.05) is 12.1 Å². The lowest BCUT2D eigenvalue weighted by Crippen LogP contribution is -2.24. The highest BCUT2D eigenvalue weighted by molar-refractivity contribution is 6.14. The lowest BCUT2D eigenvalue weighted by Gasteiger charge is -1.99. The van der Waals surface area contributed by atoms with Crippen LogP contribution in [-0.2, 0) is 11.2 Å². The van der Waals surface area contributed by atoms with E-state index in [2.05, 4.69) is 10.3 Å². The molecule has 5 nitrogen and oxygen atoms in total. The van der Waals surface area contributed by atoms with Crippen molar-refractivity contribution in [1.82, 2.24) is 5.32 Å². The number of aliphatic imine (C=N–C) groups is 1. The van der Waals surface area contributed by atoms with Gasteiger partial charge in [-0.15, -0.1) is 0 Å². The van der Waals surface area contributed by atoms with Crippen LogP contribution in [0, 0.1) is 0 Å². The second kappa shape index (κ2) is 6.30. The van der Waals surface area contributed by atoms with Gasteiger partial charge in [-0.25, -0.2) is 4.99 Å². The molecule has 1 amide bonds. The molecule has 0 radical (unpaired) electrons. The van der Waals surface area contributed by atoms with Gasteiger partial charge in [0.15, 0.2) is 0 Å². The molecule has 1 aromatic carbocycles. The minimum Gasteiger partial charge on any atom is -0.497 e. The maximum Gasteiger partial charge on any atom is 0.275 e. The third kappa shape index (κ3) is 3.25. The van der Waals surface area contributed by atoms with E-state index in [0.29, 0.717) is 24.4 Å². The molecule has 5 heteroatoms. The third-order valence-corrected chi connectivity index (χ3v) is 3.35. The first-order chi connectivity index (χ1) is 10.7. The van der Waals surface area contributed by atoms with Crippen LogP contribution in [0.3, 0.4) is 0 Å². The average Bonchev–Trinajstić information content (AvgIpc) is 3.16. The zero-order chi connectivity index (χ0) is 15.4. The van der Waals surface area contributed by atoms with Gasteiger partial charge in [0.05, 0.1) is 13.4 Å². The van der Waals surface area contributed by atoms with Crippen molar-refractivity contribution >= 4 is 17.8 Å². The van der Waals surface area contributed by atoms with Crippen molar-refractivity contribution in [2.75, 3.05) is 7.11 Å². The van der Waals surface area contributed by atoms with Gasteiger partial charge in [-0.3, -0.25) is 4.79 Å². The summed E-state index contributed by atoms with van der Waals surface area (Å²) in [7, 11) is 1.62. The average molecular weight is 296 g/mol. The molecular weight excluding hydrogens is 280 g/mol. The quantitative estimate of drug-likeness (QED) is 0.863. The zero-order valence-corrected chi connectivity index (χ0v) is 12.2. The SMILES string of the molecule is COc1ccc(/C=C2/N=C(CCc3ccco3)NC2=O)cc1. The Morgan fingerprint density at radius 1 is 1.23 bits per heavy atom. The first kappa shape index (κ1) is 14.1. The summed E-state index contributed by atoms with van der Waals surface area (Å²) in [6.45, 7) is 0. The Balaban J connectivity index is 1.69. The Kier molecular flexibility index (Phi) is 4.05. The maximum absolute atomic E-state index is 11.9. The van der Waals surface area contributed by atoms with E-state index < -0.39 is 0 Å². The number of benzene rings is 1. The van der Waals surface area contributed by atoms with Crippen LogP contribution in [-0.4, -0.2) is 18.9 Å². The molecule has 1 aliphatic rings. The predicted molar refractivity (Wildman–Crippen MR) is 83.6 cm³/mol. The smallest absolute Gasteiger partial charge is 0.275 e. The lowest BCUT2D eigenvalue weighted by molar-refractivity contribution is -0.115.